The Hall–Kier alpha value is -0.970. The van der Waals surface area contributed by atoms with Crippen LogP contribution in [0.5, 0.6) is 0 Å². The van der Waals surface area contributed by atoms with Crippen molar-refractivity contribution in [1.82, 2.24) is 0 Å². The minimum Gasteiger partial charge on any atom is -0.395 e. The standard InChI is InChI=1S/C11H14FNO2/c12-9-3-1-8(2-4-9)11(6-15-7-11)10(13)5-14/h1-4,10,14H,5-7,13H2. The average Bonchev–Trinajstić information content (AvgIpc) is 2.19. The Kier molecular flexibility index (Phi) is 2.73. The zero-order valence-electron chi connectivity index (χ0n) is 8.32. The van der Waals surface area contributed by atoms with Crippen LogP contribution in [0, 0.1) is 5.82 Å². The van der Waals surface area contributed by atoms with Crippen molar-refractivity contribution in [1.29, 1.82) is 0 Å². The molecule has 1 aliphatic heterocycles. The highest BCUT2D eigenvalue weighted by Gasteiger charge is 2.45. The van der Waals surface area contributed by atoms with E-state index in [1.807, 2.05) is 0 Å². The summed E-state index contributed by atoms with van der Waals surface area (Å²) in [7, 11) is 0. The second-order valence-corrected chi connectivity index (χ2v) is 3.94. The molecule has 0 radical (unpaired) electrons. The molecule has 3 N–H and O–H groups in total. The minimum absolute atomic E-state index is 0.0965. The number of aliphatic hydroxyl groups excluding tert-OH is 1. The van der Waals surface area contributed by atoms with Gasteiger partial charge in [0.15, 0.2) is 0 Å². The largest absolute Gasteiger partial charge is 0.395 e. The van der Waals surface area contributed by atoms with Crippen LogP contribution < -0.4 is 5.73 Å². The fourth-order valence-electron chi connectivity index (χ4n) is 1.87. The van der Waals surface area contributed by atoms with Gasteiger partial charge in [-0.1, -0.05) is 12.1 Å². The van der Waals surface area contributed by atoms with Crippen LogP contribution in [0.15, 0.2) is 24.3 Å². The van der Waals surface area contributed by atoms with Gasteiger partial charge in [0.1, 0.15) is 5.82 Å². The monoisotopic (exact) mass is 211 g/mol. The van der Waals surface area contributed by atoms with Crippen molar-refractivity contribution < 1.29 is 14.2 Å². The summed E-state index contributed by atoms with van der Waals surface area (Å²) in [4.78, 5) is 0. The van der Waals surface area contributed by atoms with Gasteiger partial charge in [-0.15, -0.1) is 0 Å². The van der Waals surface area contributed by atoms with Crippen molar-refractivity contribution in [3.8, 4) is 0 Å². The number of hydrogen-bond acceptors (Lipinski definition) is 3. The Bertz CT molecular complexity index is 335. The quantitative estimate of drug-likeness (QED) is 0.761. The van der Waals surface area contributed by atoms with Crippen molar-refractivity contribution >= 4 is 0 Å². The molecule has 1 aromatic rings. The van der Waals surface area contributed by atoms with Crippen LogP contribution in [0.25, 0.3) is 0 Å². The highest BCUT2D eigenvalue weighted by atomic mass is 19.1. The van der Waals surface area contributed by atoms with Crippen LogP contribution in [0.4, 0.5) is 4.39 Å². The van der Waals surface area contributed by atoms with E-state index in [1.54, 1.807) is 12.1 Å². The maximum absolute atomic E-state index is 12.8. The SMILES string of the molecule is NC(CO)C1(c2ccc(F)cc2)COC1. The molecule has 0 saturated carbocycles. The molecule has 0 spiro atoms. The third-order valence-corrected chi connectivity index (χ3v) is 3.04. The lowest BCUT2D eigenvalue weighted by Crippen LogP contribution is -2.60. The van der Waals surface area contributed by atoms with Gasteiger partial charge in [0.05, 0.1) is 25.2 Å². The van der Waals surface area contributed by atoms with Crippen molar-refractivity contribution in [2.45, 2.75) is 11.5 Å². The molecule has 1 fully saturated rings. The van der Waals surface area contributed by atoms with Gasteiger partial charge in [0, 0.05) is 6.04 Å². The first-order chi connectivity index (χ1) is 7.19. The van der Waals surface area contributed by atoms with Crippen molar-refractivity contribution in [3.05, 3.63) is 35.6 Å². The molecule has 1 saturated heterocycles. The number of rotatable bonds is 3. The molecular formula is C11H14FNO2. The van der Waals surface area contributed by atoms with Gasteiger partial charge < -0.3 is 15.6 Å². The lowest BCUT2D eigenvalue weighted by atomic mass is 9.73. The van der Waals surface area contributed by atoms with E-state index in [0.29, 0.717) is 13.2 Å². The van der Waals surface area contributed by atoms with Crippen molar-refractivity contribution in [3.63, 3.8) is 0 Å². The van der Waals surface area contributed by atoms with Gasteiger partial charge in [-0.05, 0) is 17.7 Å². The Morgan fingerprint density at radius 2 is 2.00 bits per heavy atom. The van der Waals surface area contributed by atoms with E-state index in [9.17, 15) is 4.39 Å². The number of hydrogen-bond donors (Lipinski definition) is 2. The summed E-state index contributed by atoms with van der Waals surface area (Å²) >= 11 is 0. The molecule has 0 amide bonds. The normalized spacial score (nSPS) is 20.7. The van der Waals surface area contributed by atoms with E-state index in [-0.39, 0.29) is 23.9 Å². The smallest absolute Gasteiger partial charge is 0.123 e. The van der Waals surface area contributed by atoms with Gasteiger partial charge in [-0.2, -0.15) is 0 Å². The summed E-state index contributed by atoms with van der Waals surface area (Å²) in [5, 5.41) is 9.10. The van der Waals surface area contributed by atoms with Gasteiger partial charge in [0.25, 0.3) is 0 Å². The molecule has 3 nitrogen and oxygen atoms in total. The zero-order valence-corrected chi connectivity index (χ0v) is 8.32. The van der Waals surface area contributed by atoms with Crippen molar-refractivity contribution in [2.24, 2.45) is 5.73 Å². The first kappa shape index (κ1) is 10.5. The molecule has 4 heteroatoms. The molecule has 2 rings (SSSR count). The van der Waals surface area contributed by atoms with Gasteiger partial charge in [0.2, 0.25) is 0 Å². The summed E-state index contributed by atoms with van der Waals surface area (Å²) in [6, 6.07) is 5.84. The first-order valence-electron chi connectivity index (χ1n) is 4.89. The van der Waals surface area contributed by atoms with E-state index < -0.39 is 0 Å². The summed E-state index contributed by atoms with van der Waals surface area (Å²) in [6.07, 6.45) is 0. The van der Waals surface area contributed by atoms with Crippen LogP contribution in [-0.4, -0.2) is 31.0 Å². The third-order valence-electron chi connectivity index (χ3n) is 3.04. The fraction of sp³-hybridized carbons (Fsp3) is 0.455. The predicted octanol–water partition coefficient (Wildman–Crippen LogP) is 0.413. The number of nitrogens with two attached hydrogens (primary N) is 1. The molecule has 1 aromatic carbocycles. The maximum atomic E-state index is 12.8. The van der Waals surface area contributed by atoms with Crippen LogP contribution in [0.3, 0.4) is 0 Å². The number of aliphatic hydroxyl groups is 1. The number of benzene rings is 1. The average molecular weight is 211 g/mol. The number of ether oxygens (including phenoxy) is 1. The highest BCUT2D eigenvalue weighted by Crippen LogP contribution is 2.34. The molecule has 0 aromatic heterocycles. The molecule has 1 heterocycles. The molecule has 1 atom stereocenters. The number of halogens is 1. The summed E-state index contributed by atoms with van der Waals surface area (Å²) in [5.74, 6) is -0.272. The van der Waals surface area contributed by atoms with E-state index in [1.165, 1.54) is 12.1 Å². The van der Waals surface area contributed by atoms with Crippen molar-refractivity contribution in [2.75, 3.05) is 19.8 Å². The molecule has 0 bridgehead atoms. The van der Waals surface area contributed by atoms with E-state index in [4.69, 9.17) is 15.6 Å². The Balaban J connectivity index is 2.30. The lowest BCUT2D eigenvalue weighted by molar-refractivity contribution is -0.0798. The minimum atomic E-state index is -0.364. The second kappa shape index (κ2) is 3.89. The fourth-order valence-corrected chi connectivity index (χ4v) is 1.87. The van der Waals surface area contributed by atoms with Crippen LogP contribution >= 0.6 is 0 Å². The Labute approximate surface area is 87.7 Å². The first-order valence-corrected chi connectivity index (χ1v) is 4.89. The van der Waals surface area contributed by atoms with E-state index in [2.05, 4.69) is 0 Å². The highest BCUT2D eigenvalue weighted by molar-refractivity contribution is 5.30. The molecule has 0 aliphatic carbocycles. The molecule has 1 aliphatic rings. The Morgan fingerprint density at radius 3 is 2.40 bits per heavy atom. The summed E-state index contributed by atoms with van der Waals surface area (Å²) < 4.78 is 17.9. The van der Waals surface area contributed by atoms with Crippen LogP contribution in [0.1, 0.15) is 5.56 Å². The topological polar surface area (TPSA) is 55.5 Å². The van der Waals surface area contributed by atoms with Gasteiger partial charge in [-0.25, -0.2) is 4.39 Å². The molecule has 82 valence electrons. The lowest BCUT2D eigenvalue weighted by Gasteiger charge is -2.45. The Morgan fingerprint density at radius 1 is 1.40 bits per heavy atom. The zero-order chi connectivity index (χ0) is 10.9. The van der Waals surface area contributed by atoms with Gasteiger partial charge >= 0.3 is 0 Å². The molecule has 15 heavy (non-hydrogen) atoms. The van der Waals surface area contributed by atoms with E-state index >= 15 is 0 Å². The third kappa shape index (κ3) is 1.65. The van der Waals surface area contributed by atoms with Crippen LogP contribution in [0.2, 0.25) is 0 Å². The molecular weight excluding hydrogens is 197 g/mol. The summed E-state index contributed by atoms with van der Waals surface area (Å²) in [6.45, 7) is 0.876. The van der Waals surface area contributed by atoms with Crippen LogP contribution in [-0.2, 0) is 10.2 Å². The molecule has 1 unspecified atom stereocenters. The second-order valence-electron chi connectivity index (χ2n) is 3.94. The van der Waals surface area contributed by atoms with Gasteiger partial charge in [-0.3, -0.25) is 0 Å². The maximum Gasteiger partial charge on any atom is 0.123 e. The predicted molar refractivity (Wildman–Crippen MR) is 54.0 cm³/mol. The van der Waals surface area contributed by atoms with E-state index in [0.717, 1.165) is 5.56 Å². The summed E-state index contributed by atoms with van der Waals surface area (Å²) in [5.41, 5.74) is 6.44.